The molecule has 6 heteroatoms. The molecule has 0 radical (unpaired) electrons. The van der Waals surface area contributed by atoms with Crippen LogP contribution in [-0.4, -0.2) is 24.0 Å². The van der Waals surface area contributed by atoms with E-state index in [0.29, 0.717) is 23.1 Å². The van der Waals surface area contributed by atoms with Gasteiger partial charge in [0.1, 0.15) is 0 Å². The van der Waals surface area contributed by atoms with E-state index in [-0.39, 0.29) is 12.1 Å². The monoisotopic (exact) mass is 418 g/mol. The lowest BCUT2D eigenvalue weighted by Gasteiger charge is -2.18. The Kier molecular flexibility index (Phi) is 12.9. The lowest BCUT2D eigenvalue weighted by atomic mass is 9.91. The van der Waals surface area contributed by atoms with Crippen LogP contribution < -0.4 is 5.32 Å². The van der Waals surface area contributed by atoms with Crippen LogP contribution in [0, 0.1) is 5.92 Å². The molecule has 1 aromatic rings. The van der Waals surface area contributed by atoms with Gasteiger partial charge < -0.3 is 5.32 Å². The highest BCUT2D eigenvalue weighted by Crippen LogP contribution is 2.24. The van der Waals surface area contributed by atoms with Crippen molar-refractivity contribution in [1.29, 1.82) is 0 Å². The van der Waals surface area contributed by atoms with Crippen LogP contribution in [0.2, 0.25) is 0 Å². The third kappa shape index (κ3) is 9.88. The van der Waals surface area contributed by atoms with Crippen LogP contribution in [0.3, 0.4) is 0 Å². The van der Waals surface area contributed by atoms with Gasteiger partial charge in [0, 0.05) is 49.5 Å². The van der Waals surface area contributed by atoms with Crippen LogP contribution >= 0.6 is 12.1 Å². The molecular formula is C23H35FN4S. The smallest absolute Gasteiger partial charge is 0.0847 e. The zero-order chi connectivity index (χ0) is 21.5. The van der Waals surface area contributed by atoms with Gasteiger partial charge in [-0.3, -0.25) is 15.0 Å². The van der Waals surface area contributed by atoms with Gasteiger partial charge in [-0.15, -0.1) is 0 Å². The van der Waals surface area contributed by atoms with Gasteiger partial charge in [0.05, 0.1) is 22.8 Å². The number of aliphatic imine (C=N–C) groups is 2. The van der Waals surface area contributed by atoms with Crippen LogP contribution in [-0.2, 0) is 6.54 Å². The molecule has 1 atom stereocenters. The molecule has 0 saturated carbocycles. The van der Waals surface area contributed by atoms with Crippen molar-refractivity contribution in [3.63, 3.8) is 0 Å². The molecule has 0 saturated heterocycles. The standard InChI is InChI=1S/C23H35FN4S/c1-6-8-12-21(10-7-2)22(28-19(4)23(29-24)17-25-5)14-18(3)27-16-20-11-9-13-26-15-20/h9,11,13-15,17,21,27H,6-8,10,12,16H2,1-5H3/b18-14+,23-19-,25-17?,28-22+. The van der Waals surface area contributed by atoms with Crippen LogP contribution in [0.15, 0.2) is 56.9 Å². The van der Waals surface area contributed by atoms with Crippen LogP contribution in [0.1, 0.15) is 65.4 Å². The predicted molar refractivity (Wildman–Crippen MR) is 126 cm³/mol. The molecule has 1 heterocycles. The van der Waals surface area contributed by atoms with E-state index in [1.807, 2.05) is 32.2 Å². The Morgan fingerprint density at radius 1 is 1.28 bits per heavy atom. The Morgan fingerprint density at radius 2 is 2.07 bits per heavy atom. The normalized spacial score (nSPS) is 14.8. The van der Waals surface area contributed by atoms with Crippen molar-refractivity contribution in [2.24, 2.45) is 15.9 Å². The molecular weight excluding hydrogens is 383 g/mol. The Labute approximate surface area is 180 Å². The highest BCUT2D eigenvalue weighted by molar-refractivity contribution is 7.99. The van der Waals surface area contributed by atoms with E-state index >= 15 is 0 Å². The summed E-state index contributed by atoms with van der Waals surface area (Å²) >= 11 is 0.194. The number of allylic oxidation sites excluding steroid dienone is 4. The zero-order valence-corrected chi connectivity index (χ0v) is 19.2. The summed E-state index contributed by atoms with van der Waals surface area (Å²) < 4.78 is 13.3. The van der Waals surface area contributed by atoms with Crippen LogP contribution in [0.25, 0.3) is 0 Å². The van der Waals surface area contributed by atoms with Gasteiger partial charge in [-0.25, -0.2) is 0 Å². The highest BCUT2D eigenvalue weighted by atomic mass is 32.2. The van der Waals surface area contributed by atoms with Crippen molar-refractivity contribution in [3.8, 4) is 0 Å². The van der Waals surface area contributed by atoms with Gasteiger partial charge in [0.15, 0.2) is 0 Å². The van der Waals surface area contributed by atoms with E-state index < -0.39 is 0 Å². The molecule has 1 unspecified atom stereocenters. The highest BCUT2D eigenvalue weighted by Gasteiger charge is 2.15. The Balaban J connectivity index is 3.17. The van der Waals surface area contributed by atoms with Crippen molar-refractivity contribution in [1.82, 2.24) is 10.3 Å². The van der Waals surface area contributed by atoms with Gasteiger partial charge in [-0.2, -0.15) is 3.89 Å². The lowest BCUT2D eigenvalue weighted by molar-refractivity contribution is 0.539. The second-order valence-corrected chi connectivity index (χ2v) is 7.71. The molecule has 1 N–H and O–H groups in total. The Bertz CT molecular complexity index is 711. The zero-order valence-electron chi connectivity index (χ0n) is 18.4. The summed E-state index contributed by atoms with van der Waals surface area (Å²) in [6.45, 7) is 9.00. The van der Waals surface area contributed by atoms with E-state index in [4.69, 9.17) is 4.99 Å². The maximum atomic E-state index is 13.3. The molecule has 4 nitrogen and oxygen atoms in total. The maximum absolute atomic E-state index is 13.3. The third-order valence-electron chi connectivity index (χ3n) is 4.60. The van der Waals surface area contributed by atoms with Crippen molar-refractivity contribution >= 4 is 24.1 Å². The fourth-order valence-corrected chi connectivity index (χ4v) is 3.34. The first-order valence-electron chi connectivity index (χ1n) is 10.4. The minimum absolute atomic E-state index is 0.194. The van der Waals surface area contributed by atoms with Crippen molar-refractivity contribution in [3.05, 3.63) is 52.5 Å². The average Bonchev–Trinajstić information content (AvgIpc) is 2.73. The SMILES string of the molecule is CCCCC(CCC)C(/C=C(\C)NCc1cccnc1)=N/C(C)=C(/C=NC)SF. The molecule has 1 aromatic heterocycles. The Morgan fingerprint density at radius 3 is 2.66 bits per heavy atom. The molecule has 0 aliphatic carbocycles. The quantitative estimate of drug-likeness (QED) is 0.364. The number of nitrogens with zero attached hydrogens (tertiary/aromatic N) is 3. The summed E-state index contributed by atoms with van der Waals surface area (Å²) in [7, 11) is 1.64. The fourth-order valence-electron chi connectivity index (χ4n) is 3.03. The fraction of sp³-hybridized carbons (Fsp3) is 0.522. The second kappa shape index (κ2) is 15.0. The molecule has 0 fully saturated rings. The molecule has 0 spiro atoms. The summed E-state index contributed by atoms with van der Waals surface area (Å²) in [6, 6.07) is 3.98. The predicted octanol–water partition coefficient (Wildman–Crippen LogP) is 6.67. The number of hydrogen-bond donors (Lipinski definition) is 1. The topological polar surface area (TPSA) is 49.6 Å². The van der Waals surface area contributed by atoms with Gasteiger partial charge >= 0.3 is 0 Å². The van der Waals surface area contributed by atoms with Gasteiger partial charge in [0.2, 0.25) is 0 Å². The number of nitrogens with one attached hydrogen (secondary N) is 1. The lowest BCUT2D eigenvalue weighted by Crippen LogP contribution is -2.17. The number of halogens is 1. The minimum Gasteiger partial charge on any atom is -0.384 e. The molecule has 0 bridgehead atoms. The molecule has 0 aromatic carbocycles. The second-order valence-electron chi connectivity index (χ2n) is 7.12. The first-order valence-corrected chi connectivity index (χ1v) is 11.1. The number of aromatic nitrogens is 1. The van der Waals surface area contributed by atoms with Gasteiger partial charge in [-0.05, 0) is 44.4 Å². The molecule has 0 aliphatic heterocycles. The minimum atomic E-state index is 0.194. The summed E-state index contributed by atoms with van der Waals surface area (Å²) in [5.41, 5.74) is 3.83. The van der Waals surface area contributed by atoms with Crippen molar-refractivity contribution < 1.29 is 3.89 Å². The summed E-state index contributed by atoms with van der Waals surface area (Å²) in [5, 5.41) is 3.44. The van der Waals surface area contributed by atoms with Crippen molar-refractivity contribution in [2.45, 2.75) is 66.3 Å². The van der Waals surface area contributed by atoms with E-state index in [0.717, 1.165) is 49.1 Å². The van der Waals surface area contributed by atoms with E-state index in [1.165, 1.54) is 6.21 Å². The molecule has 0 amide bonds. The summed E-state index contributed by atoms with van der Waals surface area (Å²) in [6.07, 6.45) is 12.8. The third-order valence-corrected chi connectivity index (χ3v) is 5.17. The first kappa shape index (κ1) is 25.1. The number of pyridine rings is 1. The number of unbranched alkanes of at least 4 members (excludes halogenated alkanes) is 1. The largest absolute Gasteiger partial charge is 0.384 e. The Hall–Kier alpha value is -1.95. The number of rotatable bonds is 13. The van der Waals surface area contributed by atoms with E-state index in [2.05, 4.69) is 35.2 Å². The summed E-state index contributed by atoms with van der Waals surface area (Å²) in [4.78, 5) is 13.4. The average molecular weight is 419 g/mol. The van der Waals surface area contributed by atoms with Gasteiger partial charge in [-0.1, -0.05) is 39.2 Å². The molecule has 1 rings (SSSR count). The molecule has 29 heavy (non-hydrogen) atoms. The van der Waals surface area contributed by atoms with E-state index in [9.17, 15) is 3.89 Å². The molecule has 0 aliphatic rings. The maximum Gasteiger partial charge on any atom is 0.0847 e. The van der Waals surface area contributed by atoms with Crippen LogP contribution in [0.5, 0.6) is 0 Å². The molecule has 160 valence electrons. The van der Waals surface area contributed by atoms with Gasteiger partial charge in [0.25, 0.3) is 0 Å². The first-order chi connectivity index (χ1) is 14.0. The summed E-state index contributed by atoms with van der Waals surface area (Å²) in [5.74, 6) is 0.356. The van der Waals surface area contributed by atoms with Crippen molar-refractivity contribution in [2.75, 3.05) is 7.05 Å². The number of hydrogen-bond acceptors (Lipinski definition) is 5. The van der Waals surface area contributed by atoms with E-state index in [1.54, 1.807) is 13.2 Å². The van der Waals surface area contributed by atoms with Crippen LogP contribution in [0.4, 0.5) is 3.89 Å².